The average molecular weight is 631 g/mol. The number of nitrogens with zero attached hydrogens (tertiary/aromatic N) is 1. The zero-order valence-corrected chi connectivity index (χ0v) is 23.6. The van der Waals surface area contributed by atoms with Gasteiger partial charge in [-0.05, 0) is 88.0 Å². The second-order valence-corrected chi connectivity index (χ2v) is 11.0. The van der Waals surface area contributed by atoms with Crippen LogP contribution >= 0.6 is 22.6 Å². The van der Waals surface area contributed by atoms with Crippen molar-refractivity contribution >= 4 is 40.2 Å². The summed E-state index contributed by atoms with van der Waals surface area (Å²) < 4.78 is 26.4. The molecule has 1 aliphatic heterocycles. The number of ether oxygens (including phenoxy) is 2. The Bertz CT molecular complexity index is 1550. The number of hydrogen-bond acceptors (Lipinski definition) is 4. The van der Waals surface area contributed by atoms with Crippen molar-refractivity contribution in [2.75, 3.05) is 12.4 Å². The summed E-state index contributed by atoms with van der Waals surface area (Å²) in [5, 5.41) is 3.78. The number of aliphatic imine (C=N–C) groups is 1. The topological polar surface area (TPSA) is 42.8 Å². The van der Waals surface area contributed by atoms with Crippen LogP contribution in [0.25, 0.3) is 0 Å². The molecule has 39 heavy (non-hydrogen) atoms. The summed E-state index contributed by atoms with van der Waals surface area (Å²) in [6.07, 6.45) is 7.59. The first-order valence-corrected chi connectivity index (χ1v) is 14.1. The summed E-state index contributed by atoms with van der Waals surface area (Å²) in [5.41, 5.74) is 6.16. The molecule has 1 heterocycles. The Balaban J connectivity index is 1.17. The number of halogens is 2. The number of rotatable bonds is 7. The van der Waals surface area contributed by atoms with Crippen LogP contribution in [0.4, 0.5) is 15.8 Å². The summed E-state index contributed by atoms with van der Waals surface area (Å²) >= 11 is 2.21. The van der Waals surface area contributed by atoms with Crippen LogP contribution in [0.2, 0.25) is 0 Å². The summed E-state index contributed by atoms with van der Waals surface area (Å²) in [5.74, 6) is 1.86. The highest BCUT2D eigenvalue weighted by Gasteiger charge is 2.37. The molecule has 1 N–H and O–H groups in total. The maximum atomic E-state index is 14.0. The van der Waals surface area contributed by atoms with E-state index in [9.17, 15) is 4.39 Å². The maximum Gasteiger partial charge on any atom is 0.174 e. The molecule has 4 aromatic rings. The first-order valence-electron chi connectivity index (χ1n) is 13.0. The molecular weight excluding hydrogens is 602 g/mol. The molecule has 3 atom stereocenters. The van der Waals surface area contributed by atoms with E-state index in [1.165, 1.54) is 22.9 Å². The number of anilines is 1. The van der Waals surface area contributed by atoms with Crippen molar-refractivity contribution in [2.24, 2.45) is 10.9 Å². The van der Waals surface area contributed by atoms with Gasteiger partial charge >= 0.3 is 0 Å². The molecule has 0 bridgehead atoms. The third-order valence-electron chi connectivity index (χ3n) is 7.47. The Morgan fingerprint density at radius 1 is 1.03 bits per heavy atom. The number of fused-ring (bicyclic) bond motifs is 3. The van der Waals surface area contributed by atoms with E-state index < -0.39 is 0 Å². The normalized spacial score (nSPS) is 19.4. The highest BCUT2D eigenvalue weighted by Crippen LogP contribution is 2.49. The van der Waals surface area contributed by atoms with Gasteiger partial charge in [-0.25, -0.2) is 4.39 Å². The molecule has 0 amide bonds. The minimum Gasteiger partial charge on any atom is -0.493 e. The fourth-order valence-electron chi connectivity index (χ4n) is 5.51. The minimum absolute atomic E-state index is 0.123. The lowest BCUT2D eigenvalue weighted by molar-refractivity contribution is 0.277. The lowest BCUT2D eigenvalue weighted by Gasteiger charge is -2.37. The van der Waals surface area contributed by atoms with Crippen molar-refractivity contribution in [1.29, 1.82) is 0 Å². The molecule has 0 fully saturated rings. The zero-order chi connectivity index (χ0) is 26.8. The molecule has 2 aliphatic rings. The molecular formula is C33H28FIN2O2. The van der Waals surface area contributed by atoms with Crippen LogP contribution in [0.1, 0.15) is 40.6 Å². The predicted octanol–water partition coefficient (Wildman–Crippen LogP) is 8.60. The number of hydrogen-bond donors (Lipinski definition) is 1. The molecule has 0 saturated heterocycles. The monoisotopic (exact) mass is 630 g/mol. The Kier molecular flexibility index (Phi) is 7.37. The number of para-hydroxylation sites is 1. The number of benzene rings is 4. The Hall–Kier alpha value is -3.65. The average Bonchev–Trinajstić information content (AvgIpc) is 3.46. The Labute approximate surface area is 241 Å². The van der Waals surface area contributed by atoms with Gasteiger partial charge in [-0.1, -0.05) is 60.7 Å². The molecule has 4 nitrogen and oxygen atoms in total. The van der Waals surface area contributed by atoms with E-state index in [2.05, 4.69) is 88.6 Å². The van der Waals surface area contributed by atoms with Gasteiger partial charge in [0.15, 0.2) is 11.5 Å². The number of allylic oxidation sites excluding steroid dienone is 2. The predicted molar refractivity (Wildman–Crippen MR) is 163 cm³/mol. The van der Waals surface area contributed by atoms with Crippen LogP contribution in [0.15, 0.2) is 102 Å². The third-order valence-corrected chi connectivity index (χ3v) is 8.27. The van der Waals surface area contributed by atoms with Crippen LogP contribution in [-0.4, -0.2) is 13.3 Å². The molecule has 4 aromatic carbocycles. The van der Waals surface area contributed by atoms with Crippen molar-refractivity contribution in [3.05, 3.63) is 129 Å². The molecule has 0 radical (unpaired) electrons. The molecule has 0 spiro atoms. The smallest absolute Gasteiger partial charge is 0.174 e. The summed E-state index contributed by atoms with van der Waals surface area (Å²) in [7, 11) is 1.60. The molecule has 6 heteroatoms. The van der Waals surface area contributed by atoms with Gasteiger partial charge in [0, 0.05) is 23.4 Å². The molecule has 196 valence electrons. The first-order chi connectivity index (χ1) is 19.1. The second-order valence-electron chi connectivity index (χ2n) is 9.83. The summed E-state index contributed by atoms with van der Waals surface area (Å²) in [6, 6.07) is 27.9. The van der Waals surface area contributed by atoms with E-state index in [-0.39, 0.29) is 18.5 Å². The van der Waals surface area contributed by atoms with Crippen molar-refractivity contribution in [3.63, 3.8) is 0 Å². The van der Waals surface area contributed by atoms with E-state index in [1.807, 2.05) is 18.3 Å². The standard InChI is InChI=1S/C33H28FIN2O2/c1-38-31-18-21(17-29(35)33(31)39-20-23-7-2-4-11-28(23)34)19-36-24-15-13-22(14-16-24)32-27-10-6-9-25(27)26-8-3-5-12-30(26)37-32/h2-9,11-19,25,27,32,37H,10,20H2,1H3/t25-,27+,32+/m1/s1. The van der Waals surface area contributed by atoms with Crippen molar-refractivity contribution in [3.8, 4) is 11.5 Å². The summed E-state index contributed by atoms with van der Waals surface area (Å²) in [6.45, 7) is 0.123. The minimum atomic E-state index is -0.287. The van der Waals surface area contributed by atoms with Crippen LogP contribution in [0, 0.1) is 15.3 Å². The van der Waals surface area contributed by atoms with E-state index >= 15 is 0 Å². The number of nitrogens with one attached hydrogen (secondary N) is 1. The van der Waals surface area contributed by atoms with Crippen molar-refractivity contribution in [1.82, 2.24) is 0 Å². The van der Waals surface area contributed by atoms with Gasteiger partial charge in [-0.15, -0.1) is 0 Å². The van der Waals surface area contributed by atoms with Gasteiger partial charge in [-0.3, -0.25) is 4.99 Å². The van der Waals surface area contributed by atoms with Crippen LogP contribution in [-0.2, 0) is 6.61 Å². The van der Waals surface area contributed by atoms with E-state index in [0.29, 0.717) is 28.9 Å². The third kappa shape index (κ3) is 5.30. The molecule has 0 aromatic heterocycles. The van der Waals surface area contributed by atoms with Crippen molar-refractivity contribution in [2.45, 2.75) is 25.0 Å². The second kappa shape index (κ2) is 11.2. The molecule has 1 aliphatic carbocycles. The fraction of sp³-hybridized carbons (Fsp3) is 0.182. The zero-order valence-electron chi connectivity index (χ0n) is 21.5. The Morgan fingerprint density at radius 3 is 2.64 bits per heavy atom. The highest BCUT2D eigenvalue weighted by atomic mass is 127. The highest BCUT2D eigenvalue weighted by molar-refractivity contribution is 14.1. The maximum absolute atomic E-state index is 14.0. The molecule has 0 unspecified atom stereocenters. The van der Waals surface area contributed by atoms with Gasteiger partial charge in [0.05, 0.1) is 22.4 Å². The lowest BCUT2D eigenvalue weighted by atomic mass is 9.77. The van der Waals surface area contributed by atoms with E-state index in [4.69, 9.17) is 14.5 Å². The first kappa shape index (κ1) is 25.6. The van der Waals surface area contributed by atoms with Gasteiger partial charge in [-0.2, -0.15) is 0 Å². The van der Waals surface area contributed by atoms with Gasteiger partial charge in [0.25, 0.3) is 0 Å². The summed E-state index contributed by atoms with van der Waals surface area (Å²) in [4.78, 5) is 4.71. The van der Waals surface area contributed by atoms with Gasteiger partial charge < -0.3 is 14.8 Å². The largest absolute Gasteiger partial charge is 0.493 e. The lowest BCUT2D eigenvalue weighted by Crippen LogP contribution is -2.28. The number of methoxy groups -OCH3 is 1. The van der Waals surface area contributed by atoms with Crippen LogP contribution in [0.3, 0.4) is 0 Å². The SMILES string of the molecule is COc1cc(C=Nc2ccc([C@@H]3Nc4ccccc4[C@H]4C=CC[C@@H]43)cc2)cc(I)c1OCc1ccccc1F. The molecule has 6 rings (SSSR count). The fourth-order valence-corrected chi connectivity index (χ4v) is 6.29. The van der Waals surface area contributed by atoms with Gasteiger partial charge in [0.1, 0.15) is 12.4 Å². The van der Waals surface area contributed by atoms with Gasteiger partial charge in [0.2, 0.25) is 0 Å². The Morgan fingerprint density at radius 2 is 1.82 bits per heavy atom. The van der Waals surface area contributed by atoms with Crippen LogP contribution in [0.5, 0.6) is 11.5 Å². The van der Waals surface area contributed by atoms with E-state index in [1.54, 1.807) is 25.3 Å². The quantitative estimate of drug-likeness (QED) is 0.126. The molecule has 0 saturated carbocycles. The van der Waals surface area contributed by atoms with Crippen LogP contribution < -0.4 is 14.8 Å². The van der Waals surface area contributed by atoms with E-state index in [0.717, 1.165) is 21.2 Å². The van der Waals surface area contributed by atoms with Crippen molar-refractivity contribution < 1.29 is 13.9 Å².